The molecule has 1 amide bonds. The average molecular weight is 625 g/mol. The van der Waals surface area contributed by atoms with E-state index in [0.29, 0.717) is 11.3 Å². The Kier molecular flexibility index (Phi) is 8.77. The van der Waals surface area contributed by atoms with Crippen molar-refractivity contribution in [3.05, 3.63) is 94.9 Å². The Bertz CT molecular complexity index is 1770. The van der Waals surface area contributed by atoms with E-state index in [2.05, 4.69) is 27.9 Å². The molecule has 0 saturated carbocycles. The minimum Gasteiger partial charge on any atom is -0.313 e. The van der Waals surface area contributed by atoms with E-state index in [1.807, 2.05) is 18.2 Å². The Labute approximate surface area is 253 Å². The van der Waals surface area contributed by atoms with Crippen molar-refractivity contribution in [1.82, 2.24) is 9.88 Å². The zero-order valence-corrected chi connectivity index (χ0v) is 25.6. The van der Waals surface area contributed by atoms with Crippen LogP contribution in [0.3, 0.4) is 0 Å². The highest BCUT2D eigenvalue weighted by molar-refractivity contribution is 7.92. The number of para-hydroxylation sites is 1. The van der Waals surface area contributed by atoms with Crippen LogP contribution in [0.4, 0.5) is 10.7 Å². The van der Waals surface area contributed by atoms with Crippen LogP contribution in [0.2, 0.25) is 0 Å². The molecule has 0 saturated heterocycles. The lowest BCUT2D eigenvalue weighted by Crippen LogP contribution is -2.30. The Morgan fingerprint density at radius 2 is 1.78 bits per heavy atom. The third-order valence-corrected chi connectivity index (χ3v) is 10.4. The number of thiophene rings is 1. The maximum atomic E-state index is 13.5. The second kappa shape index (κ2) is 12.3. The number of rotatable bonds is 8. The van der Waals surface area contributed by atoms with E-state index in [1.165, 1.54) is 22.6 Å². The standard InChI is InChI=1S/C30H28N4O3S3.ClH/c1-2-16-34-17-15-23-26(19-34)39-30(27(23)29-31-24-13-6-7-14-25(24)38-29)32-28(35)20-9-8-10-21(18-20)33-40(36,37)22-11-4-3-5-12-22;/h3-14,18,33H,2,15-17,19H2,1H3,(H,32,35);1H. The maximum absolute atomic E-state index is 13.5. The number of fused-ring (bicyclic) bond motifs is 2. The SMILES string of the molecule is CCCN1CCc2c(sc(NC(=O)c3cccc(NS(=O)(=O)c4ccccc4)c3)c2-c2nc3ccccc3s2)C1.Cl. The molecule has 0 aliphatic carbocycles. The zero-order valence-electron chi connectivity index (χ0n) is 22.3. The molecule has 7 nitrogen and oxygen atoms in total. The third-order valence-electron chi connectivity index (χ3n) is 6.84. The van der Waals surface area contributed by atoms with Crippen LogP contribution in [-0.4, -0.2) is 37.3 Å². The van der Waals surface area contributed by atoms with Gasteiger partial charge < -0.3 is 5.32 Å². The van der Waals surface area contributed by atoms with E-state index in [0.717, 1.165) is 58.3 Å². The number of sulfonamides is 1. The van der Waals surface area contributed by atoms with Crippen LogP contribution in [0.1, 0.15) is 34.1 Å². The predicted molar refractivity (Wildman–Crippen MR) is 171 cm³/mol. The molecule has 212 valence electrons. The number of hydrogen-bond donors (Lipinski definition) is 2. The predicted octanol–water partition coefficient (Wildman–Crippen LogP) is 7.27. The lowest BCUT2D eigenvalue weighted by molar-refractivity contribution is 0.102. The Hall–Kier alpha value is -3.28. The molecule has 0 spiro atoms. The average Bonchev–Trinajstić information content (AvgIpc) is 3.54. The topological polar surface area (TPSA) is 91.4 Å². The summed E-state index contributed by atoms with van der Waals surface area (Å²) in [5.41, 5.74) is 3.90. The number of carbonyl (C=O) groups excluding carboxylic acids is 1. The minimum atomic E-state index is -3.77. The largest absolute Gasteiger partial charge is 0.313 e. The van der Waals surface area contributed by atoms with Gasteiger partial charge in [-0.3, -0.25) is 14.4 Å². The molecule has 2 aromatic heterocycles. The fourth-order valence-electron chi connectivity index (χ4n) is 4.97. The first kappa shape index (κ1) is 29.2. The summed E-state index contributed by atoms with van der Waals surface area (Å²) in [6.07, 6.45) is 2.00. The molecule has 1 aliphatic heterocycles. The summed E-state index contributed by atoms with van der Waals surface area (Å²) in [5.74, 6) is -0.299. The quantitative estimate of drug-likeness (QED) is 0.189. The van der Waals surface area contributed by atoms with E-state index in [9.17, 15) is 13.2 Å². The van der Waals surface area contributed by atoms with Crippen LogP contribution >= 0.6 is 35.1 Å². The van der Waals surface area contributed by atoms with Crippen molar-refractivity contribution in [2.45, 2.75) is 31.2 Å². The molecule has 0 fully saturated rings. The molecule has 1 aliphatic rings. The number of aromatic nitrogens is 1. The van der Waals surface area contributed by atoms with Crippen LogP contribution < -0.4 is 10.0 Å². The Morgan fingerprint density at radius 3 is 2.56 bits per heavy atom. The highest BCUT2D eigenvalue weighted by Gasteiger charge is 2.28. The van der Waals surface area contributed by atoms with Crippen LogP contribution in [-0.2, 0) is 23.0 Å². The van der Waals surface area contributed by atoms with Crippen LogP contribution in [0.15, 0.2) is 83.8 Å². The number of halogens is 1. The molecular formula is C30H29ClN4O3S3. The number of thiazole rings is 1. The first-order valence-electron chi connectivity index (χ1n) is 13.1. The molecule has 0 atom stereocenters. The van der Waals surface area contributed by atoms with Gasteiger partial charge in [0.15, 0.2) is 0 Å². The first-order valence-corrected chi connectivity index (χ1v) is 16.2. The number of anilines is 2. The monoisotopic (exact) mass is 624 g/mol. The second-order valence-corrected chi connectivity index (χ2v) is 13.5. The fourth-order valence-corrected chi connectivity index (χ4v) is 8.44. The molecule has 3 aromatic carbocycles. The van der Waals surface area contributed by atoms with E-state index < -0.39 is 10.0 Å². The summed E-state index contributed by atoms with van der Waals surface area (Å²) in [7, 11) is -3.77. The van der Waals surface area contributed by atoms with Crippen LogP contribution in [0.25, 0.3) is 20.8 Å². The van der Waals surface area contributed by atoms with Crippen LogP contribution in [0.5, 0.6) is 0 Å². The summed E-state index contributed by atoms with van der Waals surface area (Å²) in [6, 6.07) is 22.8. The second-order valence-electron chi connectivity index (χ2n) is 9.67. The summed E-state index contributed by atoms with van der Waals surface area (Å²) >= 11 is 3.25. The molecule has 0 radical (unpaired) electrons. The molecule has 41 heavy (non-hydrogen) atoms. The van der Waals surface area contributed by atoms with Crippen molar-refractivity contribution < 1.29 is 13.2 Å². The molecule has 0 unspecified atom stereocenters. The Balaban J connectivity index is 0.00000337. The molecule has 3 heterocycles. The summed E-state index contributed by atoms with van der Waals surface area (Å²) < 4.78 is 29.3. The van der Waals surface area contributed by atoms with E-state index >= 15 is 0 Å². The van der Waals surface area contributed by atoms with Crippen molar-refractivity contribution in [3.63, 3.8) is 0 Å². The smallest absolute Gasteiger partial charge is 0.261 e. The van der Waals surface area contributed by atoms with Gasteiger partial charge in [0.25, 0.3) is 15.9 Å². The van der Waals surface area contributed by atoms with Crippen molar-refractivity contribution in [3.8, 4) is 10.6 Å². The first-order chi connectivity index (χ1) is 19.4. The van der Waals surface area contributed by atoms with Gasteiger partial charge in [-0.25, -0.2) is 13.4 Å². The van der Waals surface area contributed by atoms with Gasteiger partial charge in [-0.05, 0) is 67.4 Å². The van der Waals surface area contributed by atoms with Crippen LogP contribution in [0, 0.1) is 0 Å². The molecule has 11 heteroatoms. The van der Waals surface area contributed by atoms with Crippen molar-refractivity contribution >= 4 is 71.9 Å². The van der Waals surface area contributed by atoms with Crippen molar-refractivity contribution in [1.29, 1.82) is 0 Å². The van der Waals surface area contributed by atoms with Gasteiger partial charge >= 0.3 is 0 Å². The lowest BCUT2D eigenvalue weighted by atomic mass is 10.0. The van der Waals surface area contributed by atoms with Crippen molar-refractivity contribution in [2.75, 3.05) is 23.1 Å². The van der Waals surface area contributed by atoms with Gasteiger partial charge in [0.1, 0.15) is 10.0 Å². The number of nitrogens with zero attached hydrogens (tertiary/aromatic N) is 2. The summed E-state index contributed by atoms with van der Waals surface area (Å²) in [5, 5.41) is 4.83. The molecule has 5 aromatic rings. The van der Waals surface area contributed by atoms with Gasteiger partial charge in [0, 0.05) is 34.8 Å². The highest BCUT2D eigenvalue weighted by atomic mass is 35.5. The third kappa shape index (κ3) is 6.17. The normalized spacial score (nSPS) is 13.4. The number of carbonyl (C=O) groups is 1. The van der Waals surface area contributed by atoms with Gasteiger partial charge in [-0.1, -0.05) is 43.3 Å². The number of nitrogens with one attached hydrogen (secondary N) is 2. The molecule has 0 bridgehead atoms. The van der Waals surface area contributed by atoms with E-state index in [4.69, 9.17) is 4.98 Å². The maximum Gasteiger partial charge on any atom is 0.261 e. The van der Waals surface area contributed by atoms with Gasteiger partial charge in [0.2, 0.25) is 0 Å². The molecule has 2 N–H and O–H groups in total. The molecular weight excluding hydrogens is 596 g/mol. The fraction of sp³-hybridized carbons (Fsp3) is 0.200. The number of hydrogen-bond acceptors (Lipinski definition) is 7. The van der Waals surface area contributed by atoms with E-state index in [1.54, 1.807) is 65.1 Å². The number of amides is 1. The van der Waals surface area contributed by atoms with Crippen molar-refractivity contribution in [2.24, 2.45) is 0 Å². The number of benzene rings is 3. The van der Waals surface area contributed by atoms with Gasteiger partial charge in [-0.15, -0.1) is 35.1 Å². The Morgan fingerprint density at radius 1 is 1.00 bits per heavy atom. The lowest BCUT2D eigenvalue weighted by Gasteiger charge is -2.26. The van der Waals surface area contributed by atoms with Gasteiger partial charge in [-0.2, -0.15) is 0 Å². The minimum absolute atomic E-state index is 0. The zero-order chi connectivity index (χ0) is 27.7. The highest BCUT2D eigenvalue weighted by Crippen LogP contribution is 2.45. The summed E-state index contributed by atoms with van der Waals surface area (Å²) in [4.78, 5) is 22.3. The summed E-state index contributed by atoms with van der Waals surface area (Å²) in [6.45, 7) is 5.07. The molecule has 6 rings (SSSR count). The van der Waals surface area contributed by atoms with E-state index in [-0.39, 0.29) is 23.2 Å². The van der Waals surface area contributed by atoms with Gasteiger partial charge in [0.05, 0.1) is 15.1 Å².